The number of halogens is 1. The van der Waals surface area contributed by atoms with Crippen LogP contribution in [0.25, 0.3) is 11.0 Å². The third-order valence-corrected chi connectivity index (χ3v) is 4.79. The largest absolute Gasteiger partial charge is 0.289 e. The van der Waals surface area contributed by atoms with E-state index in [-0.39, 0.29) is 10.8 Å². The van der Waals surface area contributed by atoms with E-state index in [1.165, 1.54) is 12.8 Å². The van der Waals surface area contributed by atoms with Crippen LogP contribution in [0.1, 0.15) is 30.9 Å². The van der Waals surface area contributed by atoms with Crippen molar-refractivity contribution in [3.63, 3.8) is 0 Å². The summed E-state index contributed by atoms with van der Waals surface area (Å²) in [7, 11) is 0. The smallest absolute Gasteiger partial charge is 0.252 e. The second-order valence-corrected chi connectivity index (χ2v) is 6.05. The quantitative estimate of drug-likeness (QED) is 0.752. The predicted molar refractivity (Wildman–Crippen MR) is 73.4 cm³/mol. The molecule has 2 saturated carbocycles. The summed E-state index contributed by atoms with van der Waals surface area (Å²) >= 11 is 5.91. The maximum atomic E-state index is 12.4. The van der Waals surface area contributed by atoms with Gasteiger partial charge in [0.05, 0.1) is 0 Å². The highest BCUT2D eigenvalue weighted by molar-refractivity contribution is 6.28. The summed E-state index contributed by atoms with van der Waals surface area (Å²) in [5.74, 6) is 1.49. The van der Waals surface area contributed by atoms with E-state index >= 15 is 0 Å². The lowest BCUT2D eigenvalue weighted by atomic mass is 10.1. The van der Waals surface area contributed by atoms with Gasteiger partial charge in [0.15, 0.2) is 0 Å². The summed E-state index contributed by atoms with van der Waals surface area (Å²) in [5.41, 5.74) is 1.65. The molecule has 3 atom stereocenters. The van der Waals surface area contributed by atoms with Gasteiger partial charge in [-0.15, -0.1) is 0 Å². The van der Waals surface area contributed by atoms with Gasteiger partial charge in [0, 0.05) is 23.7 Å². The van der Waals surface area contributed by atoms with E-state index in [0.717, 1.165) is 23.3 Å². The molecule has 2 heterocycles. The number of aromatic nitrogens is 3. The fourth-order valence-electron chi connectivity index (χ4n) is 3.56. The summed E-state index contributed by atoms with van der Waals surface area (Å²) in [6.07, 6.45) is 5.28. The Morgan fingerprint density at radius 3 is 2.95 bits per heavy atom. The Hall–Kier alpha value is -1.42. The zero-order valence-corrected chi connectivity index (χ0v) is 11.4. The first kappa shape index (κ1) is 11.4. The van der Waals surface area contributed by atoms with Crippen LogP contribution < -0.4 is 5.56 Å². The van der Waals surface area contributed by atoms with E-state index < -0.39 is 0 Å². The number of pyridine rings is 1. The number of hydrogen-bond acceptors (Lipinski definition) is 3. The van der Waals surface area contributed by atoms with Gasteiger partial charge < -0.3 is 0 Å². The Labute approximate surface area is 115 Å². The van der Waals surface area contributed by atoms with Crippen LogP contribution in [0.3, 0.4) is 0 Å². The summed E-state index contributed by atoms with van der Waals surface area (Å²) in [6, 6.07) is 1.99. The molecule has 2 aliphatic rings. The molecule has 0 saturated heterocycles. The number of nitrogens with zero attached hydrogens (tertiary/aromatic N) is 3. The monoisotopic (exact) mass is 275 g/mol. The minimum atomic E-state index is 0.0392. The summed E-state index contributed by atoms with van der Waals surface area (Å²) in [6.45, 7) is 1.92. The van der Waals surface area contributed by atoms with Crippen molar-refractivity contribution in [2.75, 3.05) is 0 Å². The van der Waals surface area contributed by atoms with Crippen LogP contribution >= 0.6 is 11.6 Å². The van der Waals surface area contributed by atoms with E-state index in [0.29, 0.717) is 17.6 Å². The Morgan fingerprint density at radius 1 is 1.42 bits per heavy atom. The minimum absolute atomic E-state index is 0.0392. The van der Waals surface area contributed by atoms with Crippen molar-refractivity contribution in [1.29, 1.82) is 0 Å². The SMILES string of the molecule is Cc1cc(=O)n([C@@H]2CC[C@@H]3C[C@@H]32)c2nc(Cl)ncc12. The van der Waals surface area contributed by atoms with Gasteiger partial charge in [-0.3, -0.25) is 9.36 Å². The number of hydrogen-bond donors (Lipinski definition) is 0. The predicted octanol–water partition coefficient (Wildman–Crippen LogP) is 2.72. The molecule has 2 aromatic rings. The van der Waals surface area contributed by atoms with Crippen LogP contribution in [0, 0.1) is 18.8 Å². The Bertz CT molecular complexity index is 739. The molecule has 0 aromatic carbocycles. The molecule has 2 aromatic heterocycles. The third kappa shape index (κ3) is 1.62. The van der Waals surface area contributed by atoms with Gasteiger partial charge in [-0.1, -0.05) is 0 Å². The topological polar surface area (TPSA) is 47.8 Å². The molecule has 0 spiro atoms. The summed E-state index contributed by atoms with van der Waals surface area (Å²) in [5, 5.41) is 1.13. The van der Waals surface area contributed by atoms with Crippen LogP contribution in [0.2, 0.25) is 5.28 Å². The molecular formula is C14H14ClN3O. The Kier molecular flexibility index (Phi) is 2.28. The molecule has 4 rings (SSSR count). The molecule has 0 amide bonds. The van der Waals surface area contributed by atoms with Gasteiger partial charge in [0.25, 0.3) is 5.56 Å². The van der Waals surface area contributed by atoms with Gasteiger partial charge >= 0.3 is 0 Å². The van der Waals surface area contributed by atoms with Gasteiger partial charge in [0.1, 0.15) is 5.65 Å². The van der Waals surface area contributed by atoms with Gasteiger partial charge in [-0.05, 0) is 55.2 Å². The van der Waals surface area contributed by atoms with E-state index in [1.54, 1.807) is 12.3 Å². The standard InChI is InChI=1S/C14H14ClN3O/c1-7-4-12(19)18(11-3-2-8-5-9(8)11)13-10(7)6-16-14(15)17-13/h4,6,8-9,11H,2-3,5H2,1H3/t8-,9+,11-/m1/s1. The lowest BCUT2D eigenvalue weighted by molar-refractivity contribution is 0.458. The molecular weight excluding hydrogens is 262 g/mol. The fourth-order valence-corrected chi connectivity index (χ4v) is 3.69. The molecule has 0 radical (unpaired) electrons. The van der Waals surface area contributed by atoms with Gasteiger partial charge in [0.2, 0.25) is 5.28 Å². The molecule has 2 fully saturated rings. The van der Waals surface area contributed by atoms with Crippen LogP contribution in [0.5, 0.6) is 0 Å². The van der Waals surface area contributed by atoms with Crippen LogP contribution in [0.4, 0.5) is 0 Å². The maximum Gasteiger partial charge on any atom is 0.252 e. The second kappa shape index (κ2) is 3.79. The van der Waals surface area contributed by atoms with Crippen molar-refractivity contribution in [2.45, 2.75) is 32.2 Å². The molecule has 0 N–H and O–H groups in total. The first-order chi connectivity index (χ1) is 9.15. The summed E-state index contributed by atoms with van der Waals surface area (Å²) in [4.78, 5) is 20.7. The number of fused-ring (bicyclic) bond motifs is 2. The van der Waals surface area contributed by atoms with Crippen LogP contribution in [0.15, 0.2) is 17.1 Å². The van der Waals surface area contributed by atoms with E-state index in [2.05, 4.69) is 9.97 Å². The molecule has 98 valence electrons. The van der Waals surface area contributed by atoms with Crippen LogP contribution in [-0.4, -0.2) is 14.5 Å². The van der Waals surface area contributed by atoms with Crippen molar-refractivity contribution >= 4 is 22.6 Å². The maximum absolute atomic E-state index is 12.4. The zero-order valence-electron chi connectivity index (χ0n) is 10.6. The van der Waals surface area contributed by atoms with Crippen molar-refractivity contribution in [2.24, 2.45) is 11.8 Å². The Balaban J connectivity index is 2.02. The average molecular weight is 276 g/mol. The molecule has 4 nitrogen and oxygen atoms in total. The second-order valence-electron chi connectivity index (χ2n) is 5.72. The highest BCUT2D eigenvalue weighted by Gasteiger charge is 2.49. The number of aryl methyl sites for hydroxylation is 1. The highest BCUT2D eigenvalue weighted by atomic mass is 35.5. The molecule has 5 heteroatoms. The van der Waals surface area contributed by atoms with E-state index in [4.69, 9.17) is 11.6 Å². The molecule has 19 heavy (non-hydrogen) atoms. The minimum Gasteiger partial charge on any atom is -0.289 e. The molecule has 0 unspecified atom stereocenters. The normalized spacial score (nSPS) is 28.6. The fraction of sp³-hybridized carbons (Fsp3) is 0.500. The molecule has 0 aliphatic heterocycles. The lowest BCUT2D eigenvalue weighted by Crippen LogP contribution is -2.26. The van der Waals surface area contributed by atoms with Gasteiger partial charge in [-0.2, -0.15) is 4.98 Å². The van der Waals surface area contributed by atoms with Crippen LogP contribution in [-0.2, 0) is 0 Å². The first-order valence-electron chi connectivity index (χ1n) is 6.69. The summed E-state index contributed by atoms with van der Waals surface area (Å²) < 4.78 is 1.85. The average Bonchev–Trinajstić information content (AvgIpc) is 3.03. The van der Waals surface area contributed by atoms with Crippen molar-refractivity contribution in [1.82, 2.24) is 14.5 Å². The van der Waals surface area contributed by atoms with Crippen molar-refractivity contribution in [3.05, 3.63) is 33.5 Å². The molecule has 0 bridgehead atoms. The first-order valence-corrected chi connectivity index (χ1v) is 7.07. The van der Waals surface area contributed by atoms with Gasteiger partial charge in [-0.25, -0.2) is 4.98 Å². The lowest BCUT2D eigenvalue weighted by Gasteiger charge is -2.18. The van der Waals surface area contributed by atoms with Crippen molar-refractivity contribution in [3.8, 4) is 0 Å². The Morgan fingerprint density at radius 2 is 2.26 bits per heavy atom. The van der Waals surface area contributed by atoms with Crippen molar-refractivity contribution < 1.29 is 0 Å². The zero-order chi connectivity index (χ0) is 13.1. The number of rotatable bonds is 1. The highest BCUT2D eigenvalue weighted by Crippen LogP contribution is 2.57. The molecule has 2 aliphatic carbocycles. The van der Waals surface area contributed by atoms with E-state index in [9.17, 15) is 4.79 Å². The third-order valence-electron chi connectivity index (χ3n) is 4.61. The van der Waals surface area contributed by atoms with E-state index in [1.807, 2.05) is 11.5 Å².